The van der Waals surface area contributed by atoms with Crippen LogP contribution in [0.25, 0.3) is 0 Å². The molecule has 0 aromatic heterocycles. The van der Waals surface area contributed by atoms with Crippen molar-refractivity contribution in [2.24, 2.45) is 11.7 Å². The van der Waals surface area contributed by atoms with Gasteiger partial charge in [0.05, 0.1) is 0 Å². The van der Waals surface area contributed by atoms with E-state index in [1.165, 1.54) is 12.1 Å². The number of hydrogen-bond acceptors (Lipinski definition) is 2. The van der Waals surface area contributed by atoms with Crippen LogP contribution in [0.4, 0.5) is 4.39 Å². The molecule has 1 aliphatic heterocycles. The van der Waals surface area contributed by atoms with Gasteiger partial charge in [-0.1, -0.05) is 22.0 Å². The van der Waals surface area contributed by atoms with Crippen LogP contribution in [0.5, 0.6) is 0 Å². The van der Waals surface area contributed by atoms with E-state index in [2.05, 4.69) is 21.2 Å². The monoisotopic (exact) mass is 322 g/mol. The molecule has 1 fully saturated rings. The molecule has 1 aliphatic rings. The van der Waals surface area contributed by atoms with E-state index < -0.39 is 0 Å². The predicted molar refractivity (Wildman–Crippen MR) is 73.9 cm³/mol. The van der Waals surface area contributed by atoms with Gasteiger partial charge in [-0.05, 0) is 49.5 Å². The number of benzene rings is 1. The smallest absolute Gasteiger partial charge is 0.124 e. The van der Waals surface area contributed by atoms with E-state index >= 15 is 0 Å². The highest BCUT2D eigenvalue weighted by molar-refractivity contribution is 9.10. The van der Waals surface area contributed by atoms with Crippen LogP contribution in [-0.2, 0) is 0 Å². The van der Waals surface area contributed by atoms with E-state index in [4.69, 9.17) is 5.73 Å². The maximum atomic E-state index is 13.0. The van der Waals surface area contributed by atoms with Gasteiger partial charge in [0.1, 0.15) is 5.82 Å². The van der Waals surface area contributed by atoms with Crippen LogP contribution in [0, 0.1) is 11.7 Å². The molecule has 0 unspecified atom stereocenters. The van der Waals surface area contributed by atoms with Crippen LogP contribution >= 0.6 is 28.3 Å². The standard InChI is InChI=1S/C12H16BrFN2.ClH/c13-11-7-9(14)1-2-10(11)12(15)8-3-5-16-6-4-8;/h1-2,7-8,12,16H,3-6,15H2;1H/t12-;/m1./s1. The second kappa shape index (κ2) is 6.69. The highest BCUT2D eigenvalue weighted by Gasteiger charge is 2.23. The van der Waals surface area contributed by atoms with Crippen molar-refractivity contribution in [1.29, 1.82) is 0 Å². The first-order chi connectivity index (χ1) is 7.68. The molecular formula is C12H17BrClFN2. The van der Waals surface area contributed by atoms with Crippen molar-refractivity contribution in [2.75, 3.05) is 13.1 Å². The van der Waals surface area contributed by atoms with E-state index in [0.29, 0.717) is 5.92 Å². The van der Waals surface area contributed by atoms with Gasteiger partial charge in [0.15, 0.2) is 0 Å². The first kappa shape index (κ1) is 14.9. The second-order valence-electron chi connectivity index (χ2n) is 4.28. The van der Waals surface area contributed by atoms with Crippen molar-refractivity contribution in [1.82, 2.24) is 5.32 Å². The largest absolute Gasteiger partial charge is 0.324 e. The van der Waals surface area contributed by atoms with Gasteiger partial charge in [0.2, 0.25) is 0 Å². The zero-order valence-electron chi connectivity index (χ0n) is 9.46. The number of nitrogens with one attached hydrogen (secondary N) is 1. The average Bonchev–Trinajstić information content (AvgIpc) is 2.29. The van der Waals surface area contributed by atoms with Gasteiger partial charge in [-0.3, -0.25) is 0 Å². The van der Waals surface area contributed by atoms with Gasteiger partial charge >= 0.3 is 0 Å². The molecule has 0 spiro atoms. The zero-order valence-corrected chi connectivity index (χ0v) is 11.9. The summed E-state index contributed by atoms with van der Waals surface area (Å²) in [5.41, 5.74) is 7.25. The van der Waals surface area contributed by atoms with Crippen molar-refractivity contribution in [3.05, 3.63) is 34.1 Å². The summed E-state index contributed by atoms with van der Waals surface area (Å²) in [5, 5.41) is 3.32. The van der Waals surface area contributed by atoms with Crippen LogP contribution in [0.2, 0.25) is 0 Å². The summed E-state index contributed by atoms with van der Waals surface area (Å²) in [5.74, 6) is 0.260. The fraction of sp³-hybridized carbons (Fsp3) is 0.500. The lowest BCUT2D eigenvalue weighted by Crippen LogP contribution is -2.33. The Morgan fingerprint density at radius 1 is 1.35 bits per heavy atom. The number of halogens is 3. The Hall–Kier alpha value is -0.160. The normalized spacial score (nSPS) is 18.5. The number of nitrogens with two attached hydrogens (primary N) is 1. The quantitative estimate of drug-likeness (QED) is 0.878. The fourth-order valence-corrected chi connectivity index (χ4v) is 2.84. The molecule has 1 atom stereocenters. The van der Waals surface area contributed by atoms with Gasteiger partial charge in [-0.15, -0.1) is 12.4 Å². The maximum Gasteiger partial charge on any atom is 0.124 e. The summed E-state index contributed by atoms with van der Waals surface area (Å²) < 4.78 is 13.7. The van der Waals surface area contributed by atoms with Crippen LogP contribution in [0.15, 0.2) is 22.7 Å². The molecule has 1 heterocycles. The lowest BCUT2D eigenvalue weighted by molar-refractivity contribution is 0.321. The summed E-state index contributed by atoms with van der Waals surface area (Å²) in [4.78, 5) is 0. The third-order valence-corrected chi connectivity index (χ3v) is 3.90. The first-order valence-electron chi connectivity index (χ1n) is 5.59. The van der Waals surface area contributed by atoms with E-state index in [1.807, 2.05) is 0 Å². The third kappa shape index (κ3) is 3.65. The Morgan fingerprint density at radius 2 is 2.00 bits per heavy atom. The molecule has 1 aromatic carbocycles. The lowest BCUT2D eigenvalue weighted by atomic mass is 9.86. The van der Waals surface area contributed by atoms with Crippen LogP contribution < -0.4 is 11.1 Å². The molecule has 1 aromatic rings. The number of piperidine rings is 1. The lowest BCUT2D eigenvalue weighted by Gasteiger charge is -2.28. The first-order valence-corrected chi connectivity index (χ1v) is 6.39. The molecule has 0 bridgehead atoms. The molecule has 0 aliphatic carbocycles. The molecule has 17 heavy (non-hydrogen) atoms. The molecule has 2 nitrogen and oxygen atoms in total. The van der Waals surface area contributed by atoms with Gasteiger partial charge in [0, 0.05) is 10.5 Å². The van der Waals surface area contributed by atoms with E-state index in [0.717, 1.165) is 36.0 Å². The van der Waals surface area contributed by atoms with Crippen LogP contribution in [0.3, 0.4) is 0 Å². The summed E-state index contributed by atoms with van der Waals surface area (Å²) in [7, 11) is 0. The Morgan fingerprint density at radius 3 is 2.59 bits per heavy atom. The number of hydrogen-bond donors (Lipinski definition) is 2. The average molecular weight is 324 g/mol. The minimum atomic E-state index is -0.229. The van der Waals surface area contributed by atoms with Gasteiger partial charge < -0.3 is 11.1 Å². The molecule has 3 N–H and O–H groups in total. The minimum Gasteiger partial charge on any atom is -0.324 e. The molecule has 2 rings (SSSR count). The highest BCUT2D eigenvalue weighted by atomic mass is 79.9. The number of rotatable bonds is 2. The Balaban J connectivity index is 0.00000144. The van der Waals surface area contributed by atoms with Gasteiger partial charge in [-0.2, -0.15) is 0 Å². The Bertz CT molecular complexity index is 370. The topological polar surface area (TPSA) is 38.0 Å². The molecule has 0 amide bonds. The summed E-state index contributed by atoms with van der Waals surface area (Å²) >= 11 is 3.38. The molecular weight excluding hydrogens is 307 g/mol. The molecule has 0 saturated carbocycles. The molecule has 96 valence electrons. The van der Waals surface area contributed by atoms with Crippen molar-refractivity contribution < 1.29 is 4.39 Å². The van der Waals surface area contributed by atoms with E-state index in [1.54, 1.807) is 6.07 Å². The van der Waals surface area contributed by atoms with Gasteiger partial charge in [0.25, 0.3) is 0 Å². The summed E-state index contributed by atoms with van der Waals surface area (Å²) in [6.07, 6.45) is 2.18. The summed E-state index contributed by atoms with van der Waals surface area (Å²) in [6.45, 7) is 2.05. The minimum absolute atomic E-state index is 0. The summed E-state index contributed by atoms with van der Waals surface area (Å²) in [6, 6.07) is 4.74. The third-order valence-electron chi connectivity index (χ3n) is 3.21. The van der Waals surface area contributed by atoms with Crippen molar-refractivity contribution in [2.45, 2.75) is 18.9 Å². The Labute approximate surface area is 116 Å². The van der Waals surface area contributed by atoms with Gasteiger partial charge in [-0.25, -0.2) is 4.39 Å². The van der Waals surface area contributed by atoms with Crippen molar-refractivity contribution in [3.8, 4) is 0 Å². The van der Waals surface area contributed by atoms with Crippen molar-refractivity contribution in [3.63, 3.8) is 0 Å². The molecule has 5 heteroatoms. The van der Waals surface area contributed by atoms with Crippen LogP contribution in [-0.4, -0.2) is 13.1 Å². The SMILES string of the molecule is Cl.N[C@@H](c1ccc(F)cc1Br)C1CCNCC1. The maximum absolute atomic E-state index is 13.0. The fourth-order valence-electron chi connectivity index (χ4n) is 2.23. The predicted octanol–water partition coefficient (Wildman–Crippen LogP) is 3.01. The van der Waals surface area contributed by atoms with Crippen molar-refractivity contribution >= 4 is 28.3 Å². The second-order valence-corrected chi connectivity index (χ2v) is 5.13. The van der Waals surface area contributed by atoms with E-state index in [-0.39, 0.29) is 24.3 Å². The molecule has 1 saturated heterocycles. The zero-order chi connectivity index (χ0) is 11.5. The highest BCUT2D eigenvalue weighted by Crippen LogP contribution is 2.31. The van der Waals surface area contributed by atoms with Crippen LogP contribution in [0.1, 0.15) is 24.4 Å². The Kier molecular flexibility index (Phi) is 5.86. The van der Waals surface area contributed by atoms with E-state index in [9.17, 15) is 4.39 Å². The molecule has 0 radical (unpaired) electrons.